The van der Waals surface area contributed by atoms with E-state index >= 15 is 0 Å². The van der Waals surface area contributed by atoms with Gasteiger partial charge in [0, 0.05) is 6.42 Å². The number of hydrogen-bond donors (Lipinski definition) is 0. The lowest BCUT2D eigenvalue weighted by Gasteiger charge is -2.16. The molecule has 2 nitrogen and oxygen atoms in total. The summed E-state index contributed by atoms with van der Waals surface area (Å²) in [6.07, 6.45) is 2.38. The van der Waals surface area contributed by atoms with Crippen LogP contribution in [-0.2, 0) is 9.53 Å². The minimum atomic E-state index is -0.502. The van der Waals surface area contributed by atoms with Crippen LogP contribution in [0, 0.1) is 0 Å². The molecule has 1 aromatic rings. The fraction of sp³-hybridized carbons (Fsp3) is 0.308. The van der Waals surface area contributed by atoms with Crippen molar-refractivity contribution >= 4 is 5.97 Å². The van der Waals surface area contributed by atoms with Crippen molar-refractivity contribution in [2.24, 2.45) is 0 Å². The average Bonchev–Trinajstić information content (AvgIpc) is 2.57. The minimum Gasteiger partial charge on any atom is -0.455 e. The Balaban J connectivity index is 2.27. The van der Waals surface area contributed by atoms with Crippen molar-refractivity contribution < 1.29 is 9.53 Å². The van der Waals surface area contributed by atoms with Crippen molar-refractivity contribution in [3.05, 3.63) is 48.6 Å². The Kier molecular flexibility index (Phi) is 2.35. The first kappa shape index (κ1) is 9.97. The highest BCUT2D eigenvalue weighted by Gasteiger charge is 2.41. The summed E-state index contributed by atoms with van der Waals surface area (Å²) < 4.78 is 5.31. The number of rotatable bonds is 2. The van der Waals surface area contributed by atoms with Crippen LogP contribution in [0.2, 0.25) is 0 Å². The number of carbonyl (C=O) groups excluding carboxylic acids is 1. The summed E-state index contributed by atoms with van der Waals surface area (Å²) in [5, 5.41) is 0. The van der Waals surface area contributed by atoms with Gasteiger partial charge in [0.2, 0.25) is 0 Å². The molecule has 0 aromatic heterocycles. The maximum absolute atomic E-state index is 11.7. The Hall–Kier alpha value is -1.57. The maximum atomic E-state index is 11.7. The molecule has 1 heterocycles. The third-order valence-corrected chi connectivity index (χ3v) is 2.86. The van der Waals surface area contributed by atoms with Crippen LogP contribution >= 0.6 is 0 Å². The van der Waals surface area contributed by atoms with Crippen molar-refractivity contribution in [2.45, 2.75) is 24.9 Å². The number of ether oxygens (including phenoxy) is 1. The molecule has 0 N–H and O–H groups in total. The van der Waals surface area contributed by atoms with Crippen LogP contribution in [0.3, 0.4) is 0 Å². The molecule has 1 aliphatic rings. The summed E-state index contributed by atoms with van der Waals surface area (Å²) in [5.74, 6) is -0.294. The van der Waals surface area contributed by atoms with Gasteiger partial charge in [-0.1, -0.05) is 36.9 Å². The van der Waals surface area contributed by atoms with Crippen LogP contribution in [0.1, 0.15) is 24.8 Å². The second kappa shape index (κ2) is 3.54. The van der Waals surface area contributed by atoms with Gasteiger partial charge in [-0.15, -0.1) is 0 Å². The second-order valence-corrected chi connectivity index (χ2v) is 4.11. The fourth-order valence-corrected chi connectivity index (χ4v) is 1.90. The molecule has 0 saturated carbocycles. The van der Waals surface area contributed by atoms with E-state index in [0.29, 0.717) is 6.42 Å². The number of carbonyl (C=O) groups is 1. The van der Waals surface area contributed by atoms with E-state index in [0.717, 1.165) is 5.56 Å². The van der Waals surface area contributed by atoms with Gasteiger partial charge in [0.05, 0.1) is 5.92 Å². The molecule has 1 saturated heterocycles. The van der Waals surface area contributed by atoms with Crippen LogP contribution in [0.4, 0.5) is 0 Å². The zero-order valence-corrected chi connectivity index (χ0v) is 8.77. The lowest BCUT2D eigenvalue weighted by Crippen LogP contribution is -2.19. The molecule has 0 amide bonds. The first-order valence-corrected chi connectivity index (χ1v) is 5.06. The van der Waals surface area contributed by atoms with Crippen LogP contribution < -0.4 is 0 Å². The van der Waals surface area contributed by atoms with E-state index in [4.69, 9.17) is 4.74 Å². The SMILES string of the molecule is C=CC1(C)CC(c2ccccc2)C(=O)O1. The molecule has 0 bridgehead atoms. The smallest absolute Gasteiger partial charge is 0.314 e. The molecule has 0 aliphatic carbocycles. The highest BCUT2D eigenvalue weighted by molar-refractivity contribution is 5.81. The summed E-state index contributed by atoms with van der Waals surface area (Å²) >= 11 is 0. The number of benzene rings is 1. The third-order valence-electron chi connectivity index (χ3n) is 2.86. The minimum absolute atomic E-state index is 0.144. The zero-order chi connectivity index (χ0) is 10.9. The van der Waals surface area contributed by atoms with Gasteiger partial charge in [-0.2, -0.15) is 0 Å². The summed E-state index contributed by atoms with van der Waals surface area (Å²) in [6.45, 7) is 5.59. The molecule has 15 heavy (non-hydrogen) atoms. The first-order chi connectivity index (χ1) is 7.14. The van der Waals surface area contributed by atoms with Gasteiger partial charge in [0.15, 0.2) is 0 Å². The highest BCUT2D eigenvalue weighted by atomic mass is 16.6. The molecule has 0 spiro atoms. The van der Waals surface area contributed by atoms with E-state index in [-0.39, 0.29) is 11.9 Å². The van der Waals surface area contributed by atoms with Gasteiger partial charge in [-0.3, -0.25) is 4.79 Å². The summed E-state index contributed by atoms with van der Waals surface area (Å²) in [4.78, 5) is 11.7. The average molecular weight is 202 g/mol. The van der Waals surface area contributed by atoms with Crippen molar-refractivity contribution in [3.63, 3.8) is 0 Å². The molecule has 78 valence electrons. The van der Waals surface area contributed by atoms with Crippen LogP contribution in [-0.4, -0.2) is 11.6 Å². The molecule has 2 unspecified atom stereocenters. The molecule has 2 rings (SSSR count). The zero-order valence-electron chi connectivity index (χ0n) is 8.77. The lowest BCUT2D eigenvalue weighted by atomic mass is 9.90. The van der Waals surface area contributed by atoms with Gasteiger partial charge in [0.1, 0.15) is 5.60 Å². The molecule has 1 aromatic carbocycles. The summed E-state index contributed by atoms with van der Waals surface area (Å²) in [5.41, 5.74) is 0.519. The Labute approximate surface area is 89.6 Å². The van der Waals surface area contributed by atoms with Crippen molar-refractivity contribution in [3.8, 4) is 0 Å². The number of cyclic esters (lactones) is 1. The van der Waals surface area contributed by atoms with Gasteiger partial charge in [-0.05, 0) is 18.6 Å². The van der Waals surface area contributed by atoms with Gasteiger partial charge in [0.25, 0.3) is 0 Å². The Morgan fingerprint density at radius 3 is 2.67 bits per heavy atom. The van der Waals surface area contributed by atoms with Crippen molar-refractivity contribution in [1.29, 1.82) is 0 Å². The normalized spacial score (nSPS) is 29.9. The molecule has 2 atom stereocenters. The lowest BCUT2D eigenvalue weighted by molar-refractivity contribution is -0.145. The molecule has 1 fully saturated rings. The second-order valence-electron chi connectivity index (χ2n) is 4.11. The third kappa shape index (κ3) is 1.80. The van der Waals surface area contributed by atoms with E-state index < -0.39 is 5.60 Å². The van der Waals surface area contributed by atoms with Crippen molar-refractivity contribution in [1.82, 2.24) is 0 Å². The Morgan fingerprint density at radius 2 is 2.13 bits per heavy atom. The molecule has 2 heteroatoms. The number of esters is 1. The monoisotopic (exact) mass is 202 g/mol. The van der Waals surface area contributed by atoms with E-state index in [2.05, 4.69) is 6.58 Å². The first-order valence-electron chi connectivity index (χ1n) is 5.06. The van der Waals surface area contributed by atoms with E-state index in [1.165, 1.54) is 0 Å². The fourth-order valence-electron chi connectivity index (χ4n) is 1.90. The van der Waals surface area contributed by atoms with E-state index in [1.807, 2.05) is 37.3 Å². The van der Waals surface area contributed by atoms with Gasteiger partial charge in [-0.25, -0.2) is 0 Å². The quantitative estimate of drug-likeness (QED) is 0.544. The van der Waals surface area contributed by atoms with E-state index in [1.54, 1.807) is 6.08 Å². The van der Waals surface area contributed by atoms with Crippen LogP contribution in [0.25, 0.3) is 0 Å². The predicted octanol–water partition coefficient (Wildman–Crippen LogP) is 2.66. The molecule has 1 aliphatic heterocycles. The topological polar surface area (TPSA) is 26.3 Å². The molecule has 0 radical (unpaired) electrons. The Bertz CT molecular complexity index is 383. The Morgan fingerprint density at radius 1 is 1.47 bits per heavy atom. The maximum Gasteiger partial charge on any atom is 0.314 e. The molecular weight excluding hydrogens is 188 g/mol. The largest absolute Gasteiger partial charge is 0.455 e. The van der Waals surface area contributed by atoms with Crippen LogP contribution in [0.5, 0.6) is 0 Å². The van der Waals surface area contributed by atoms with Gasteiger partial charge < -0.3 is 4.74 Å². The standard InChI is InChI=1S/C13H14O2/c1-3-13(2)9-11(12(14)15-13)10-7-5-4-6-8-10/h3-8,11H,1,9H2,2H3. The summed E-state index contributed by atoms with van der Waals surface area (Å²) in [7, 11) is 0. The highest BCUT2D eigenvalue weighted by Crippen LogP contribution is 2.37. The van der Waals surface area contributed by atoms with Crippen molar-refractivity contribution in [2.75, 3.05) is 0 Å². The molecular formula is C13H14O2. The van der Waals surface area contributed by atoms with Crippen LogP contribution in [0.15, 0.2) is 43.0 Å². The number of hydrogen-bond acceptors (Lipinski definition) is 2. The van der Waals surface area contributed by atoms with E-state index in [9.17, 15) is 4.79 Å². The summed E-state index contributed by atoms with van der Waals surface area (Å²) in [6, 6.07) is 9.73. The predicted molar refractivity (Wildman–Crippen MR) is 58.5 cm³/mol. The van der Waals surface area contributed by atoms with Gasteiger partial charge >= 0.3 is 5.97 Å².